The minimum Gasteiger partial charge on any atom is -0.378 e. The molecule has 4 nitrogen and oxygen atoms in total. The van der Waals surface area contributed by atoms with Gasteiger partial charge in [-0.15, -0.1) is 0 Å². The molecule has 3 rings (SSSR count). The predicted molar refractivity (Wildman–Crippen MR) is 109 cm³/mol. The largest absolute Gasteiger partial charge is 0.378 e. The van der Waals surface area contributed by atoms with E-state index >= 15 is 0 Å². The Bertz CT molecular complexity index is 878. The Hall–Kier alpha value is -2.75. The summed E-state index contributed by atoms with van der Waals surface area (Å²) in [5.74, 6) is 0.166. The maximum Gasteiger partial charge on any atom is 0.222 e. The molecule has 136 valence electrons. The SMILES string of the molecule is CC(C)C(=O)NC[C@@H](c1ccc(N(C)C)cc1)c1c[nH]c2ccccc12. The Kier molecular flexibility index (Phi) is 5.31. The molecule has 0 radical (unpaired) electrons. The third kappa shape index (κ3) is 3.74. The highest BCUT2D eigenvalue weighted by atomic mass is 16.1. The first kappa shape index (κ1) is 18.1. The van der Waals surface area contributed by atoms with Crippen molar-refractivity contribution in [2.45, 2.75) is 19.8 Å². The topological polar surface area (TPSA) is 48.1 Å². The molecule has 0 aliphatic rings. The summed E-state index contributed by atoms with van der Waals surface area (Å²) in [5, 5.41) is 4.31. The summed E-state index contributed by atoms with van der Waals surface area (Å²) in [7, 11) is 4.07. The van der Waals surface area contributed by atoms with Crippen LogP contribution < -0.4 is 10.2 Å². The predicted octanol–water partition coefficient (Wildman–Crippen LogP) is 4.14. The van der Waals surface area contributed by atoms with E-state index in [1.54, 1.807) is 0 Å². The van der Waals surface area contributed by atoms with Crippen LogP contribution in [0.5, 0.6) is 0 Å². The average molecular weight is 349 g/mol. The summed E-state index contributed by atoms with van der Waals surface area (Å²) >= 11 is 0. The highest BCUT2D eigenvalue weighted by Gasteiger charge is 2.20. The normalized spacial score (nSPS) is 12.3. The standard InChI is InChI=1S/C22H27N3O/c1-15(2)22(26)24-13-19(16-9-11-17(12-10-16)25(3)4)20-14-23-21-8-6-5-7-18(20)21/h5-12,14-15,19,23H,13H2,1-4H3,(H,24,26)/t19-/m0/s1. The Balaban J connectivity index is 1.97. The van der Waals surface area contributed by atoms with Gasteiger partial charge < -0.3 is 15.2 Å². The minimum atomic E-state index is -0.0188. The molecule has 26 heavy (non-hydrogen) atoms. The van der Waals surface area contributed by atoms with Gasteiger partial charge in [-0.3, -0.25) is 4.79 Å². The number of fused-ring (bicyclic) bond motifs is 1. The number of nitrogens with one attached hydrogen (secondary N) is 2. The molecule has 4 heteroatoms. The van der Waals surface area contributed by atoms with E-state index in [0.717, 1.165) is 11.2 Å². The van der Waals surface area contributed by atoms with E-state index in [0.29, 0.717) is 6.54 Å². The number of hydrogen-bond donors (Lipinski definition) is 2. The lowest BCUT2D eigenvalue weighted by atomic mass is 9.90. The number of aromatic amines is 1. The van der Waals surface area contributed by atoms with Crippen molar-refractivity contribution in [3.63, 3.8) is 0 Å². The quantitative estimate of drug-likeness (QED) is 0.703. The van der Waals surface area contributed by atoms with Crippen molar-refractivity contribution >= 4 is 22.5 Å². The van der Waals surface area contributed by atoms with Crippen molar-refractivity contribution in [1.29, 1.82) is 0 Å². The lowest BCUT2D eigenvalue weighted by Crippen LogP contribution is -2.32. The third-order valence-corrected chi connectivity index (χ3v) is 4.81. The third-order valence-electron chi connectivity index (χ3n) is 4.81. The number of hydrogen-bond acceptors (Lipinski definition) is 2. The van der Waals surface area contributed by atoms with Crippen LogP contribution in [0.15, 0.2) is 54.7 Å². The van der Waals surface area contributed by atoms with Gasteiger partial charge in [-0.1, -0.05) is 44.2 Å². The molecule has 2 N–H and O–H groups in total. The number of carbonyl (C=O) groups is 1. The molecule has 2 aromatic carbocycles. The van der Waals surface area contributed by atoms with E-state index in [4.69, 9.17) is 0 Å². The Morgan fingerprint density at radius 3 is 2.42 bits per heavy atom. The van der Waals surface area contributed by atoms with Crippen molar-refractivity contribution in [2.75, 3.05) is 25.5 Å². The van der Waals surface area contributed by atoms with Crippen LogP contribution in [0.3, 0.4) is 0 Å². The molecule has 0 unspecified atom stereocenters. The highest BCUT2D eigenvalue weighted by molar-refractivity contribution is 5.84. The summed E-state index contributed by atoms with van der Waals surface area (Å²) in [4.78, 5) is 17.6. The summed E-state index contributed by atoms with van der Waals surface area (Å²) in [6.45, 7) is 4.42. The summed E-state index contributed by atoms with van der Waals surface area (Å²) < 4.78 is 0. The number of amides is 1. The van der Waals surface area contributed by atoms with Gasteiger partial charge in [0, 0.05) is 55.3 Å². The second-order valence-corrected chi connectivity index (χ2v) is 7.23. The monoisotopic (exact) mass is 349 g/mol. The van der Waals surface area contributed by atoms with Crippen LogP contribution >= 0.6 is 0 Å². The van der Waals surface area contributed by atoms with E-state index < -0.39 is 0 Å². The number of nitrogens with zero attached hydrogens (tertiary/aromatic N) is 1. The van der Waals surface area contributed by atoms with Crippen molar-refractivity contribution in [3.8, 4) is 0 Å². The van der Waals surface area contributed by atoms with Gasteiger partial charge >= 0.3 is 0 Å². The number of H-pyrrole nitrogens is 1. The van der Waals surface area contributed by atoms with E-state index in [1.165, 1.54) is 16.5 Å². The van der Waals surface area contributed by atoms with Crippen LogP contribution in [-0.4, -0.2) is 31.5 Å². The Morgan fingerprint density at radius 1 is 1.08 bits per heavy atom. The molecule has 1 heterocycles. The van der Waals surface area contributed by atoms with Gasteiger partial charge in [0.1, 0.15) is 0 Å². The van der Waals surface area contributed by atoms with E-state index in [-0.39, 0.29) is 17.7 Å². The molecule has 0 aliphatic carbocycles. The number of carbonyl (C=O) groups excluding carboxylic acids is 1. The zero-order valence-electron chi connectivity index (χ0n) is 15.9. The number of benzene rings is 2. The van der Waals surface area contributed by atoms with Gasteiger partial charge in [0.05, 0.1) is 0 Å². The fraction of sp³-hybridized carbons (Fsp3) is 0.318. The fourth-order valence-electron chi connectivity index (χ4n) is 3.20. The Labute approximate surface area is 155 Å². The fourth-order valence-corrected chi connectivity index (χ4v) is 3.20. The number of rotatable bonds is 6. The molecule has 0 saturated carbocycles. The molecule has 1 atom stereocenters. The van der Waals surface area contributed by atoms with E-state index in [2.05, 4.69) is 63.9 Å². The van der Waals surface area contributed by atoms with Crippen LogP contribution in [0.1, 0.15) is 30.9 Å². The molecule has 0 saturated heterocycles. The van der Waals surface area contributed by atoms with Crippen molar-refractivity contribution in [1.82, 2.24) is 10.3 Å². The molecular formula is C22H27N3O. The molecule has 3 aromatic rings. The molecular weight excluding hydrogens is 322 g/mol. The maximum atomic E-state index is 12.1. The first-order valence-corrected chi connectivity index (χ1v) is 9.08. The Morgan fingerprint density at radius 2 is 1.77 bits per heavy atom. The van der Waals surface area contributed by atoms with Crippen LogP contribution in [0.4, 0.5) is 5.69 Å². The van der Waals surface area contributed by atoms with Gasteiger partial charge in [-0.25, -0.2) is 0 Å². The second kappa shape index (κ2) is 7.65. The van der Waals surface area contributed by atoms with Gasteiger partial charge in [0.15, 0.2) is 0 Å². The van der Waals surface area contributed by atoms with Crippen LogP contribution in [0.25, 0.3) is 10.9 Å². The minimum absolute atomic E-state index is 0.0188. The van der Waals surface area contributed by atoms with Gasteiger partial charge in [-0.2, -0.15) is 0 Å². The average Bonchev–Trinajstić information content (AvgIpc) is 3.06. The molecule has 1 aromatic heterocycles. The summed E-state index contributed by atoms with van der Waals surface area (Å²) in [6, 6.07) is 16.9. The smallest absolute Gasteiger partial charge is 0.222 e. The first-order valence-electron chi connectivity index (χ1n) is 9.08. The van der Waals surface area contributed by atoms with Crippen LogP contribution in [0.2, 0.25) is 0 Å². The van der Waals surface area contributed by atoms with Crippen molar-refractivity contribution < 1.29 is 4.79 Å². The number of anilines is 1. The van der Waals surface area contributed by atoms with Gasteiger partial charge in [-0.05, 0) is 29.3 Å². The zero-order valence-corrected chi connectivity index (χ0v) is 15.9. The first-order chi connectivity index (χ1) is 12.5. The summed E-state index contributed by atoms with van der Waals surface area (Å²) in [5.41, 5.74) is 4.69. The molecule has 0 aliphatic heterocycles. The van der Waals surface area contributed by atoms with Gasteiger partial charge in [0.2, 0.25) is 5.91 Å². The number of para-hydroxylation sites is 1. The van der Waals surface area contributed by atoms with Crippen LogP contribution in [0, 0.1) is 5.92 Å². The zero-order chi connectivity index (χ0) is 18.7. The summed E-state index contributed by atoms with van der Waals surface area (Å²) in [6.07, 6.45) is 2.07. The molecule has 0 bridgehead atoms. The molecule has 0 spiro atoms. The lowest BCUT2D eigenvalue weighted by Gasteiger charge is -2.20. The highest BCUT2D eigenvalue weighted by Crippen LogP contribution is 2.31. The second-order valence-electron chi connectivity index (χ2n) is 7.23. The van der Waals surface area contributed by atoms with E-state index in [9.17, 15) is 4.79 Å². The van der Waals surface area contributed by atoms with Crippen LogP contribution in [-0.2, 0) is 4.79 Å². The lowest BCUT2D eigenvalue weighted by molar-refractivity contribution is -0.124. The number of aromatic nitrogens is 1. The molecule has 1 amide bonds. The van der Waals surface area contributed by atoms with Gasteiger partial charge in [0.25, 0.3) is 0 Å². The maximum absolute atomic E-state index is 12.1. The van der Waals surface area contributed by atoms with Crippen molar-refractivity contribution in [2.24, 2.45) is 5.92 Å². The molecule has 0 fully saturated rings. The van der Waals surface area contributed by atoms with E-state index in [1.807, 2.05) is 34.0 Å². The van der Waals surface area contributed by atoms with Crippen molar-refractivity contribution in [3.05, 3.63) is 65.9 Å².